The van der Waals surface area contributed by atoms with Crippen LogP contribution in [0.3, 0.4) is 0 Å². The highest BCUT2D eigenvalue weighted by atomic mass is 35.5. The average Bonchev–Trinajstić information content (AvgIpc) is 3.21. The Balaban J connectivity index is 1.55. The van der Waals surface area contributed by atoms with Gasteiger partial charge in [0.2, 0.25) is 0 Å². The number of hydrogen-bond donors (Lipinski definition) is 2. The van der Waals surface area contributed by atoms with Gasteiger partial charge in [-0.1, -0.05) is 23.2 Å². The molecular formula is C19H17Cl2F3N4O2S2. The fourth-order valence-corrected chi connectivity index (χ4v) is 4.82. The maximum Gasteiger partial charge on any atom is 0.436 e. The van der Waals surface area contributed by atoms with Crippen molar-refractivity contribution in [1.82, 2.24) is 15.1 Å². The van der Waals surface area contributed by atoms with Crippen molar-refractivity contribution in [3.63, 3.8) is 0 Å². The van der Waals surface area contributed by atoms with E-state index >= 15 is 0 Å². The van der Waals surface area contributed by atoms with Gasteiger partial charge in [-0.2, -0.15) is 18.3 Å². The molecular weight excluding hydrogens is 508 g/mol. The molecule has 0 saturated carbocycles. The van der Waals surface area contributed by atoms with Crippen molar-refractivity contribution in [3.05, 3.63) is 44.5 Å². The van der Waals surface area contributed by atoms with E-state index < -0.39 is 17.8 Å². The van der Waals surface area contributed by atoms with Crippen LogP contribution in [0.5, 0.6) is 0 Å². The third kappa shape index (κ3) is 5.28. The molecule has 0 aliphatic carbocycles. The largest absolute Gasteiger partial charge is 0.465 e. The zero-order chi connectivity index (χ0) is 23.6. The van der Waals surface area contributed by atoms with Crippen molar-refractivity contribution in [2.45, 2.75) is 26.1 Å². The molecule has 0 spiro atoms. The van der Waals surface area contributed by atoms with E-state index in [0.717, 1.165) is 10.1 Å². The standard InChI is InChI=1S/C19H17Cl2F3N4O2S2/c1-9-13(20)16(19(22,23)24)27-28(9)7-3-6-25-18(31)26-10-4-5-11-12(8-10)32-15(14(11)21)17(29)30-2/h4-5,8H,3,6-7H2,1-2H3,(H2,25,26,31). The van der Waals surface area contributed by atoms with Crippen molar-refractivity contribution in [1.29, 1.82) is 0 Å². The smallest absolute Gasteiger partial charge is 0.436 e. The summed E-state index contributed by atoms with van der Waals surface area (Å²) in [5.74, 6) is -0.501. The van der Waals surface area contributed by atoms with Crippen molar-refractivity contribution in [3.8, 4) is 0 Å². The summed E-state index contributed by atoms with van der Waals surface area (Å²) in [7, 11) is 1.29. The highest BCUT2D eigenvalue weighted by molar-refractivity contribution is 7.80. The van der Waals surface area contributed by atoms with Crippen LogP contribution < -0.4 is 10.6 Å². The van der Waals surface area contributed by atoms with Gasteiger partial charge in [0.25, 0.3) is 0 Å². The van der Waals surface area contributed by atoms with Gasteiger partial charge in [0.05, 0.1) is 22.8 Å². The Morgan fingerprint density at radius 1 is 1.31 bits per heavy atom. The molecule has 0 aliphatic heterocycles. The van der Waals surface area contributed by atoms with Gasteiger partial charge in [-0.3, -0.25) is 4.68 Å². The Bertz CT molecular complexity index is 1180. The number of hydrogen-bond acceptors (Lipinski definition) is 5. The minimum atomic E-state index is -4.59. The molecule has 3 aromatic rings. The molecule has 0 amide bonds. The first-order valence-electron chi connectivity index (χ1n) is 9.18. The van der Waals surface area contributed by atoms with Gasteiger partial charge in [0.1, 0.15) is 4.88 Å². The van der Waals surface area contributed by atoms with Gasteiger partial charge < -0.3 is 15.4 Å². The summed E-state index contributed by atoms with van der Waals surface area (Å²) in [6.45, 7) is 2.14. The predicted octanol–water partition coefficient (Wildman–Crippen LogP) is 5.90. The first kappa shape index (κ1) is 24.6. The van der Waals surface area contributed by atoms with Gasteiger partial charge in [-0.25, -0.2) is 4.79 Å². The molecule has 2 N–H and O–H groups in total. The molecule has 0 aliphatic rings. The number of aromatic nitrogens is 2. The second kappa shape index (κ2) is 9.82. The number of nitrogens with zero attached hydrogens (tertiary/aromatic N) is 2. The number of methoxy groups -OCH3 is 1. The van der Waals surface area contributed by atoms with E-state index in [-0.39, 0.29) is 17.3 Å². The Labute approximate surface area is 200 Å². The Hall–Kier alpha value is -2.08. The van der Waals surface area contributed by atoms with Crippen LogP contribution in [0, 0.1) is 6.92 Å². The van der Waals surface area contributed by atoms with Crippen molar-refractivity contribution in [2.24, 2.45) is 0 Å². The zero-order valence-corrected chi connectivity index (χ0v) is 19.9. The van der Waals surface area contributed by atoms with E-state index in [4.69, 9.17) is 40.2 Å². The number of fused-ring (bicyclic) bond motifs is 1. The summed E-state index contributed by atoms with van der Waals surface area (Å²) >= 11 is 18.5. The number of thiophene rings is 1. The van der Waals surface area contributed by atoms with Crippen LogP contribution in [-0.4, -0.2) is 34.5 Å². The van der Waals surface area contributed by atoms with Gasteiger partial charge in [-0.15, -0.1) is 11.3 Å². The lowest BCUT2D eigenvalue weighted by atomic mass is 10.2. The van der Waals surface area contributed by atoms with Crippen LogP contribution in [0.1, 0.15) is 27.5 Å². The van der Waals surface area contributed by atoms with Crippen LogP contribution >= 0.6 is 46.8 Å². The summed E-state index contributed by atoms with van der Waals surface area (Å²) < 4.78 is 45.4. The second-order valence-electron chi connectivity index (χ2n) is 6.65. The first-order valence-corrected chi connectivity index (χ1v) is 11.2. The van der Waals surface area contributed by atoms with Crippen LogP contribution in [0.2, 0.25) is 10.0 Å². The third-order valence-electron chi connectivity index (χ3n) is 4.49. The van der Waals surface area contributed by atoms with Crippen LogP contribution in [-0.2, 0) is 17.5 Å². The fourth-order valence-electron chi connectivity index (χ4n) is 2.90. The summed E-state index contributed by atoms with van der Waals surface area (Å²) in [6, 6.07) is 5.35. The molecule has 0 unspecified atom stereocenters. The molecule has 172 valence electrons. The number of benzene rings is 1. The van der Waals surface area contributed by atoms with Crippen molar-refractivity contribution in [2.75, 3.05) is 19.0 Å². The number of carbonyl (C=O) groups excluding carboxylic acids is 1. The molecule has 0 saturated heterocycles. The fraction of sp³-hybridized carbons (Fsp3) is 0.316. The van der Waals surface area contributed by atoms with E-state index in [0.29, 0.717) is 33.7 Å². The third-order valence-corrected chi connectivity index (χ3v) is 6.83. The molecule has 0 radical (unpaired) electrons. The number of nitrogens with one attached hydrogen (secondary N) is 2. The molecule has 1 aromatic carbocycles. The predicted molar refractivity (Wildman–Crippen MR) is 124 cm³/mol. The number of esters is 1. The van der Waals surface area contributed by atoms with E-state index in [2.05, 4.69) is 15.7 Å². The SMILES string of the molecule is COC(=O)c1sc2cc(NC(=S)NCCCn3nc(C(F)(F)F)c(Cl)c3C)ccc2c1Cl. The summed E-state index contributed by atoms with van der Waals surface area (Å²) in [5, 5.41) is 10.6. The number of halogens is 5. The molecule has 2 heterocycles. The molecule has 13 heteroatoms. The number of aryl methyl sites for hydroxylation is 1. The molecule has 0 atom stereocenters. The van der Waals surface area contributed by atoms with Crippen LogP contribution in [0.4, 0.5) is 18.9 Å². The number of rotatable bonds is 6. The van der Waals surface area contributed by atoms with Crippen molar-refractivity contribution >= 4 is 73.6 Å². The normalized spacial score (nSPS) is 11.6. The highest BCUT2D eigenvalue weighted by Gasteiger charge is 2.38. The molecule has 3 rings (SSSR count). The number of anilines is 1. The maximum absolute atomic E-state index is 12.9. The van der Waals surface area contributed by atoms with Gasteiger partial charge in [-0.05, 0) is 43.8 Å². The Morgan fingerprint density at radius 2 is 2.03 bits per heavy atom. The molecule has 2 aromatic heterocycles. The number of ether oxygens (including phenoxy) is 1. The molecule has 6 nitrogen and oxygen atoms in total. The monoisotopic (exact) mass is 524 g/mol. The summed E-state index contributed by atoms with van der Waals surface area (Å²) in [6.07, 6.45) is -4.12. The average molecular weight is 525 g/mol. The van der Waals surface area contributed by atoms with Crippen molar-refractivity contribution < 1.29 is 22.7 Å². The first-order chi connectivity index (χ1) is 15.0. The lowest BCUT2D eigenvalue weighted by Gasteiger charge is -2.11. The summed E-state index contributed by atoms with van der Waals surface area (Å²) in [4.78, 5) is 12.1. The number of alkyl halides is 3. The van der Waals surface area contributed by atoms with E-state index in [9.17, 15) is 18.0 Å². The quantitative estimate of drug-likeness (QED) is 0.238. The minimum Gasteiger partial charge on any atom is -0.465 e. The Morgan fingerprint density at radius 3 is 2.66 bits per heavy atom. The molecule has 0 fully saturated rings. The second-order valence-corrected chi connectivity index (χ2v) is 8.87. The van der Waals surface area contributed by atoms with E-state index in [1.54, 1.807) is 18.2 Å². The van der Waals surface area contributed by atoms with Crippen LogP contribution in [0.15, 0.2) is 18.2 Å². The zero-order valence-electron chi connectivity index (χ0n) is 16.8. The molecule has 0 bridgehead atoms. The summed E-state index contributed by atoms with van der Waals surface area (Å²) in [5.41, 5.74) is -0.135. The van der Waals surface area contributed by atoms with Gasteiger partial charge >= 0.3 is 12.1 Å². The highest BCUT2D eigenvalue weighted by Crippen LogP contribution is 2.37. The lowest BCUT2D eigenvalue weighted by Crippen LogP contribution is -2.29. The lowest BCUT2D eigenvalue weighted by molar-refractivity contribution is -0.141. The number of carbonyl (C=O) groups is 1. The molecule has 32 heavy (non-hydrogen) atoms. The van der Waals surface area contributed by atoms with Gasteiger partial charge in [0, 0.05) is 28.9 Å². The Kier molecular flexibility index (Phi) is 7.53. The maximum atomic E-state index is 12.9. The van der Waals surface area contributed by atoms with E-state index in [1.807, 2.05) is 0 Å². The minimum absolute atomic E-state index is 0.243. The van der Waals surface area contributed by atoms with Gasteiger partial charge in [0.15, 0.2) is 10.8 Å². The topological polar surface area (TPSA) is 68.2 Å². The van der Waals surface area contributed by atoms with E-state index in [1.165, 1.54) is 30.1 Å². The number of thiocarbonyl (C=S) groups is 1. The van der Waals surface area contributed by atoms with Crippen LogP contribution in [0.25, 0.3) is 10.1 Å².